The fourth-order valence-electron chi connectivity index (χ4n) is 1.02. The number of hydrogen-bond acceptors (Lipinski definition) is 2. The van der Waals surface area contributed by atoms with E-state index in [-0.39, 0.29) is 12.5 Å². The first kappa shape index (κ1) is 10.3. The molecule has 0 saturated carbocycles. The van der Waals surface area contributed by atoms with Crippen LogP contribution in [0.25, 0.3) is 0 Å². The maximum absolute atomic E-state index is 8.45. The highest BCUT2D eigenvalue weighted by molar-refractivity contribution is 6.42. The zero-order valence-corrected chi connectivity index (χ0v) is 8.31. The first-order chi connectivity index (χ1) is 6.16. The van der Waals surface area contributed by atoms with E-state index in [4.69, 9.17) is 34.2 Å². The van der Waals surface area contributed by atoms with Crippen LogP contribution in [0.5, 0.6) is 0 Å². The van der Waals surface area contributed by atoms with Gasteiger partial charge in [-0.3, -0.25) is 0 Å². The molecule has 0 aliphatic heterocycles. The summed E-state index contributed by atoms with van der Waals surface area (Å²) in [5.74, 6) is 0. The summed E-state index contributed by atoms with van der Waals surface area (Å²) in [6.45, 7) is 0. The summed E-state index contributed by atoms with van der Waals surface area (Å²) in [4.78, 5) is 0. The van der Waals surface area contributed by atoms with Crippen molar-refractivity contribution in [1.29, 1.82) is 5.26 Å². The van der Waals surface area contributed by atoms with Crippen molar-refractivity contribution in [3.63, 3.8) is 0 Å². The molecule has 0 aliphatic rings. The fourth-order valence-corrected chi connectivity index (χ4v) is 1.46. The van der Waals surface area contributed by atoms with E-state index in [1.54, 1.807) is 18.2 Å². The number of hydrogen-bond donors (Lipinski definition) is 1. The van der Waals surface area contributed by atoms with Crippen LogP contribution in [0.1, 0.15) is 18.0 Å². The van der Waals surface area contributed by atoms with Gasteiger partial charge in [0, 0.05) is 6.04 Å². The number of benzene rings is 1. The largest absolute Gasteiger partial charge is 0.323 e. The van der Waals surface area contributed by atoms with Crippen LogP contribution in [0.15, 0.2) is 18.2 Å². The maximum atomic E-state index is 8.45. The molecule has 0 aromatic heterocycles. The third-order valence-electron chi connectivity index (χ3n) is 1.69. The van der Waals surface area contributed by atoms with E-state index in [2.05, 4.69) is 0 Å². The SMILES string of the molecule is N#CC[C@H](N)c1cccc(Cl)c1Cl. The molecule has 1 aromatic carbocycles. The van der Waals surface area contributed by atoms with Crippen LogP contribution in [-0.2, 0) is 0 Å². The lowest BCUT2D eigenvalue weighted by Crippen LogP contribution is -2.09. The Morgan fingerprint density at radius 1 is 1.46 bits per heavy atom. The molecule has 0 aliphatic carbocycles. The van der Waals surface area contributed by atoms with E-state index in [0.29, 0.717) is 10.0 Å². The highest BCUT2D eigenvalue weighted by Gasteiger charge is 2.11. The highest BCUT2D eigenvalue weighted by Crippen LogP contribution is 2.29. The van der Waals surface area contributed by atoms with E-state index in [9.17, 15) is 0 Å². The molecule has 1 atom stereocenters. The Morgan fingerprint density at radius 2 is 2.15 bits per heavy atom. The molecule has 68 valence electrons. The smallest absolute Gasteiger partial charge is 0.0641 e. The van der Waals surface area contributed by atoms with Crippen LogP contribution in [0.4, 0.5) is 0 Å². The Morgan fingerprint density at radius 3 is 2.77 bits per heavy atom. The molecular formula is C9H8Cl2N2. The van der Waals surface area contributed by atoms with Gasteiger partial charge in [0.15, 0.2) is 0 Å². The van der Waals surface area contributed by atoms with E-state index < -0.39 is 0 Å². The van der Waals surface area contributed by atoms with Crippen LogP contribution in [0.3, 0.4) is 0 Å². The predicted octanol–water partition coefficient (Wildman–Crippen LogP) is 2.91. The molecule has 1 aromatic rings. The quantitative estimate of drug-likeness (QED) is 0.824. The summed E-state index contributed by atoms with van der Waals surface area (Å²) < 4.78 is 0. The normalized spacial score (nSPS) is 12.2. The van der Waals surface area contributed by atoms with Crippen molar-refractivity contribution >= 4 is 23.2 Å². The molecule has 0 bridgehead atoms. The van der Waals surface area contributed by atoms with Crippen molar-refractivity contribution in [2.24, 2.45) is 5.73 Å². The highest BCUT2D eigenvalue weighted by atomic mass is 35.5. The van der Waals surface area contributed by atoms with Crippen molar-refractivity contribution in [2.45, 2.75) is 12.5 Å². The lowest BCUT2D eigenvalue weighted by Gasteiger charge is -2.10. The van der Waals surface area contributed by atoms with Crippen molar-refractivity contribution in [3.8, 4) is 6.07 Å². The minimum atomic E-state index is -0.365. The van der Waals surface area contributed by atoms with Crippen LogP contribution in [0, 0.1) is 11.3 Å². The first-order valence-corrected chi connectivity index (χ1v) is 4.49. The van der Waals surface area contributed by atoms with Gasteiger partial charge in [-0.2, -0.15) is 5.26 Å². The van der Waals surface area contributed by atoms with Crippen molar-refractivity contribution in [3.05, 3.63) is 33.8 Å². The lowest BCUT2D eigenvalue weighted by atomic mass is 10.1. The number of halogens is 2. The van der Waals surface area contributed by atoms with Gasteiger partial charge >= 0.3 is 0 Å². The molecule has 0 saturated heterocycles. The zero-order chi connectivity index (χ0) is 9.84. The standard InChI is InChI=1S/C9H8Cl2N2/c10-7-3-1-2-6(9(7)11)8(13)4-5-12/h1-3,8H,4,13H2/t8-/m0/s1. The van der Waals surface area contributed by atoms with E-state index in [0.717, 1.165) is 5.56 Å². The van der Waals surface area contributed by atoms with Gasteiger partial charge in [-0.25, -0.2) is 0 Å². The van der Waals surface area contributed by atoms with E-state index >= 15 is 0 Å². The number of rotatable bonds is 2. The Balaban J connectivity index is 3.02. The van der Waals surface area contributed by atoms with Gasteiger partial charge < -0.3 is 5.73 Å². The number of nitrogens with two attached hydrogens (primary N) is 1. The Hall–Kier alpha value is -0.750. The van der Waals surface area contributed by atoms with Gasteiger partial charge in [0.25, 0.3) is 0 Å². The summed E-state index contributed by atoms with van der Waals surface area (Å²) in [5.41, 5.74) is 6.43. The van der Waals surface area contributed by atoms with Gasteiger partial charge in [0.2, 0.25) is 0 Å². The fraction of sp³-hybridized carbons (Fsp3) is 0.222. The molecule has 2 N–H and O–H groups in total. The molecule has 2 nitrogen and oxygen atoms in total. The zero-order valence-electron chi connectivity index (χ0n) is 6.80. The summed E-state index contributed by atoms with van der Waals surface area (Å²) >= 11 is 11.7. The summed E-state index contributed by atoms with van der Waals surface area (Å²) in [5, 5.41) is 9.35. The average Bonchev–Trinajstić information content (AvgIpc) is 2.10. The molecule has 0 heterocycles. The first-order valence-electron chi connectivity index (χ1n) is 3.73. The van der Waals surface area contributed by atoms with Crippen LogP contribution in [0.2, 0.25) is 10.0 Å². The number of nitriles is 1. The van der Waals surface area contributed by atoms with Gasteiger partial charge in [0.05, 0.1) is 22.5 Å². The van der Waals surface area contributed by atoms with Crippen LogP contribution in [-0.4, -0.2) is 0 Å². The van der Waals surface area contributed by atoms with E-state index in [1.807, 2.05) is 6.07 Å². The Kier molecular flexibility index (Phi) is 3.56. The molecule has 0 radical (unpaired) electrons. The molecule has 0 amide bonds. The minimum Gasteiger partial charge on any atom is -0.323 e. The molecule has 1 rings (SSSR count). The van der Waals surface area contributed by atoms with Gasteiger partial charge in [-0.05, 0) is 11.6 Å². The number of nitrogens with zero attached hydrogens (tertiary/aromatic N) is 1. The predicted molar refractivity (Wildman–Crippen MR) is 53.6 cm³/mol. The van der Waals surface area contributed by atoms with Crippen LogP contribution >= 0.6 is 23.2 Å². The molecule has 13 heavy (non-hydrogen) atoms. The molecule has 0 fully saturated rings. The van der Waals surface area contributed by atoms with Gasteiger partial charge in [0.1, 0.15) is 0 Å². The topological polar surface area (TPSA) is 49.8 Å². The Labute approximate surface area is 86.9 Å². The molecule has 0 unspecified atom stereocenters. The van der Waals surface area contributed by atoms with Crippen molar-refractivity contribution in [2.75, 3.05) is 0 Å². The molecule has 4 heteroatoms. The Bertz CT molecular complexity index is 344. The summed E-state index contributed by atoms with van der Waals surface area (Å²) in [6.07, 6.45) is 0.236. The second-order valence-corrected chi connectivity index (χ2v) is 3.40. The van der Waals surface area contributed by atoms with Crippen molar-refractivity contribution in [1.82, 2.24) is 0 Å². The maximum Gasteiger partial charge on any atom is 0.0641 e. The van der Waals surface area contributed by atoms with Gasteiger partial charge in [-0.1, -0.05) is 35.3 Å². The average molecular weight is 215 g/mol. The molecular weight excluding hydrogens is 207 g/mol. The summed E-state index contributed by atoms with van der Waals surface area (Å²) in [6, 6.07) is 6.85. The monoisotopic (exact) mass is 214 g/mol. The lowest BCUT2D eigenvalue weighted by molar-refractivity contribution is 0.749. The molecule has 0 spiro atoms. The summed E-state index contributed by atoms with van der Waals surface area (Å²) in [7, 11) is 0. The van der Waals surface area contributed by atoms with Crippen LogP contribution < -0.4 is 5.73 Å². The third-order valence-corrected chi connectivity index (χ3v) is 2.53. The van der Waals surface area contributed by atoms with E-state index in [1.165, 1.54) is 0 Å². The third kappa shape index (κ3) is 2.35. The second kappa shape index (κ2) is 4.48. The van der Waals surface area contributed by atoms with Crippen molar-refractivity contribution < 1.29 is 0 Å². The van der Waals surface area contributed by atoms with Gasteiger partial charge in [-0.15, -0.1) is 0 Å². The second-order valence-electron chi connectivity index (χ2n) is 2.61. The minimum absolute atomic E-state index is 0.236.